The lowest BCUT2D eigenvalue weighted by atomic mass is 10.2. The molecule has 0 saturated carbocycles. The molecule has 4 N–H and O–H groups in total. The summed E-state index contributed by atoms with van der Waals surface area (Å²) in [6.07, 6.45) is 1.16. The highest BCUT2D eigenvalue weighted by molar-refractivity contribution is 5.93. The monoisotopic (exact) mass is 282 g/mol. The molecule has 20 heavy (non-hydrogen) atoms. The fraction of sp³-hybridized carbons (Fsp3) is 0.538. The van der Waals surface area contributed by atoms with Crippen LogP contribution in [-0.4, -0.2) is 35.3 Å². The highest BCUT2D eigenvalue weighted by Gasteiger charge is 2.15. The van der Waals surface area contributed by atoms with Crippen molar-refractivity contribution in [2.24, 2.45) is 7.05 Å². The Bertz CT molecular complexity index is 488. The summed E-state index contributed by atoms with van der Waals surface area (Å²) in [6.45, 7) is 5.96. The number of aryl methyl sites for hydroxylation is 1. The van der Waals surface area contributed by atoms with Crippen LogP contribution in [0, 0.1) is 0 Å². The Balaban J connectivity index is 2.30. The van der Waals surface area contributed by atoms with E-state index in [1.54, 1.807) is 44.6 Å². The van der Waals surface area contributed by atoms with Gasteiger partial charge in [-0.25, -0.2) is 4.79 Å². The van der Waals surface area contributed by atoms with Gasteiger partial charge in [0.2, 0.25) is 0 Å². The second-order valence-corrected chi connectivity index (χ2v) is 5.45. The maximum absolute atomic E-state index is 11.8. The fourth-order valence-electron chi connectivity index (χ4n) is 1.56. The maximum atomic E-state index is 11.8. The number of carbonyl (C=O) groups is 2. The van der Waals surface area contributed by atoms with Crippen molar-refractivity contribution >= 4 is 17.7 Å². The summed E-state index contributed by atoms with van der Waals surface area (Å²) in [6, 6.07) is 1.59. The Morgan fingerprint density at radius 3 is 2.40 bits per heavy atom. The number of amides is 2. The average molecular weight is 282 g/mol. The number of nitrogen functional groups attached to an aromatic ring is 1. The van der Waals surface area contributed by atoms with Crippen LogP contribution in [0.15, 0.2) is 12.3 Å². The number of nitrogens with one attached hydrogen (secondary N) is 2. The van der Waals surface area contributed by atoms with E-state index in [9.17, 15) is 9.59 Å². The molecule has 0 aromatic carbocycles. The van der Waals surface area contributed by atoms with E-state index in [1.807, 2.05) is 0 Å². The van der Waals surface area contributed by atoms with Crippen molar-refractivity contribution in [2.75, 3.05) is 18.8 Å². The standard InChI is InChI=1S/C13H22N4O3/c1-13(2,3)20-12(19)16-6-5-15-11(18)10-7-9(14)8-17(10)4/h7-8H,5-6,14H2,1-4H3,(H,15,18)(H,16,19). The molecule has 7 nitrogen and oxygen atoms in total. The van der Waals surface area contributed by atoms with E-state index >= 15 is 0 Å². The minimum Gasteiger partial charge on any atom is -0.444 e. The van der Waals surface area contributed by atoms with Gasteiger partial charge >= 0.3 is 6.09 Å². The van der Waals surface area contributed by atoms with Gasteiger partial charge in [0, 0.05) is 26.3 Å². The lowest BCUT2D eigenvalue weighted by Gasteiger charge is -2.19. The minimum atomic E-state index is -0.534. The van der Waals surface area contributed by atoms with E-state index in [1.165, 1.54) is 0 Å². The van der Waals surface area contributed by atoms with Gasteiger partial charge in [0.1, 0.15) is 11.3 Å². The number of nitrogens with two attached hydrogens (primary N) is 1. The summed E-state index contributed by atoms with van der Waals surface area (Å²) in [7, 11) is 1.74. The number of carbonyl (C=O) groups excluding carboxylic acids is 2. The highest BCUT2D eigenvalue weighted by atomic mass is 16.6. The number of hydrogen-bond acceptors (Lipinski definition) is 4. The van der Waals surface area contributed by atoms with E-state index in [2.05, 4.69) is 10.6 Å². The van der Waals surface area contributed by atoms with Crippen LogP contribution in [0.2, 0.25) is 0 Å². The van der Waals surface area contributed by atoms with Crippen molar-refractivity contribution in [1.29, 1.82) is 0 Å². The molecule has 0 fully saturated rings. The Morgan fingerprint density at radius 2 is 1.90 bits per heavy atom. The first-order valence-electron chi connectivity index (χ1n) is 6.36. The summed E-state index contributed by atoms with van der Waals surface area (Å²) >= 11 is 0. The SMILES string of the molecule is Cn1cc(N)cc1C(=O)NCCNC(=O)OC(C)(C)C. The van der Waals surface area contributed by atoms with Gasteiger partial charge in [-0.3, -0.25) is 4.79 Å². The third-order valence-corrected chi connectivity index (χ3v) is 2.34. The molecule has 0 atom stereocenters. The molecule has 0 saturated heterocycles. The van der Waals surface area contributed by atoms with Crippen molar-refractivity contribution in [3.63, 3.8) is 0 Å². The van der Waals surface area contributed by atoms with E-state index in [0.717, 1.165) is 0 Å². The molecule has 112 valence electrons. The zero-order valence-electron chi connectivity index (χ0n) is 12.3. The van der Waals surface area contributed by atoms with Crippen LogP contribution in [0.3, 0.4) is 0 Å². The smallest absolute Gasteiger partial charge is 0.407 e. The molecule has 1 aromatic heterocycles. The molecule has 0 aliphatic rings. The van der Waals surface area contributed by atoms with Crippen LogP contribution in [0.4, 0.5) is 10.5 Å². The number of nitrogens with zero attached hydrogens (tertiary/aromatic N) is 1. The van der Waals surface area contributed by atoms with E-state index < -0.39 is 11.7 Å². The number of alkyl carbamates (subject to hydrolysis) is 1. The first kappa shape index (κ1) is 15.9. The Kier molecular flexibility index (Phi) is 5.01. The highest BCUT2D eigenvalue weighted by Crippen LogP contribution is 2.08. The predicted octanol–water partition coefficient (Wildman–Crippen LogP) is 0.862. The molecular formula is C13H22N4O3. The van der Waals surface area contributed by atoms with Crippen molar-refractivity contribution in [3.05, 3.63) is 18.0 Å². The molecule has 7 heteroatoms. The second kappa shape index (κ2) is 6.31. The molecule has 0 aliphatic heterocycles. The molecule has 0 bridgehead atoms. The minimum absolute atomic E-state index is 0.241. The molecule has 0 unspecified atom stereocenters. The number of rotatable bonds is 4. The zero-order valence-corrected chi connectivity index (χ0v) is 12.3. The summed E-state index contributed by atoms with van der Waals surface area (Å²) in [5.41, 5.74) is 6.07. The van der Waals surface area contributed by atoms with Crippen LogP contribution in [0.25, 0.3) is 0 Å². The first-order chi connectivity index (χ1) is 9.19. The van der Waals surface area contributed by atoms with Gasteiger partial charge in [-0.15, -0.1) is 0 Å². The van der Waals surface area contributed by atoms with Crippen molar-refractivity contribution < 1.29 is 14.3 Å². The van der Waals surface area contributed by atoms with E-state index in [0.29, 0.717) is 24.5 Å². The van der Waals surface area contributed by atoms with Gasteiger partial charge < -0.3 is 25.7 Å². The molecule has 1 rings (SSSR count). The molecule has 0 aliphatic carbocycles. The Labute approximate surface area is 118 Å². The Morgan fingerprint density at radius 1 is 1.30 bits per heavy atom. The molecule has 1 aromatic rings. The molecule has 1 heterocycles. The van der Waals surface area contributed by atoms with Crippen LogP contribution >= 0.6 is 0 Å². The number of ether oxygens (including phenoxy) is 1. The third kappa shape index (κ3) is 5.21. The first-order valence-corrected chi connectivity index (χ1v) is 6.36. The average Bonchev–Trinajstić information content (AvgIpc) is 2.61. The second-order valence-electron chi connectivity index (χ2n) is 5.45. The third-order valence-electron chi connectivity index (χ3n) is 2.34. The quantitative estimate of drug-likeness (QED) is 0.713. The predicted molar refractivity (Wildman–Crippen MR) is 76.4 cm³/mol. The number of hydrogen-bond donors (Lipinski definition) is 3. The topological polar surface area (TPSA) is 98.4 Å². The van der Waals surface area contributed by atoms with E-state index in [-0.39, 0.29) is 5.91 Å². The molecule has 0 spiro atoms. The van der Waals surface area contributed by atoms with Crippen molar-refractivity contribution in [1.82, 2.24) is 15.2 Å². The fourth-order valence-corrected chi connectivity index (χ4v) is 1.56. The molecule has 0 radical (unpaired) electrons. The van der Waals surface area contributed by atoms with Crippen LogP contribution in [0.5, 0.6) is 0 Å². The number of aromatic nitrogens is 1. The summed E-state index contributed by atoms with van der Waals surface area (Å²) in [5, 5.41) is 5.24. The van der Waals surface area contributed by atoms with Gasteiger partial charge in [-0.1, -0.05) is 0 Å². The normalized spacial score (nSPS) is 11.0. The number of anilines is 1. The lowest BCUT2D eigenvalue weighted by molar-refractivity contribution is 0.0526. The van der Waals surface area contributed by atoms with Gasteiger partial charge in [0.15, 0.2) is 0 Å². The summed E-state index contributed by atoms with van der Waals surface area (Å²) in [5.74, 6) is -0.241. The van der Waals surface area contributed by atoms with Gasteiger partial charge in [0.05, 0.1) is 5.69 Å². The summed E-state index contributed by atoms with van der Waals surface area (Å²) < 4.78 is 6.71. The summed E-state index contributed by atoms with van der Waals surface area (Å²) in [4.78, 5) is 23.2. The lowest BCUT2D eigenvalue weighted by Crippen LogP contribution is -2.38. The largest absolute Gasteiger partial charge is 0.444 e. The van der Waals surface area contributed by atoms with Crippen molar-refractivity contribution in [2.45, 2.75) is 26.4 Å². The van der Waals surface area contributed by atoms with Gasteiger partial charge in [-0.2, -0.15) is 0 Å². The Hall–Kier alpha value is -2.18. The van der Waals surface area contributed by atoms with Gasteiger partial charge in [-0.05, 0) is 26.8 Å². The van der Waals surface area contributed by atoms with Crippen LogP contribution in [-0.2, 0) is 11.8 Å². The molecule has 2 amide bonds. The maximum Gasteiger partial charge on any atom is 0.407 e. The van der Waals surface area contributed by atoms with E-state index in [4.69, 9.17) is 10.5 Å². The van der Waals surface area contributed by atoms with Crippen LogP contribution < -0.4 is 16.4 Å². The zero-order chi connectivity index (χ0) is 15.3. The van der Waals surface area contributed by atoms with Gasteiger partial charge in [0.25, 0.3) is 5.91 Å². The van der Waals surface area contributed by atoms with Crippen molar-refractivity contribution in [3.8, 4) is 0 Å². The molecular weight excluding hydrogens is 260 g/mol. The van der Waals surface area contributed by atoms with Crippen LogP contribution in [0.1, 0.15) is 31.3 Å².